The lowest BCUT2D eigenvalue weighted by atomic mass is 9.97. The molecule has 0 aliphatic carbocycles. The van der Waals surface area contributed by atoms with Crippen LogP contribution in [0.4, 0.5) is 0 Å². The molecular weight excluding hydrogens is 276 g/mol. The molecule has 0 radical (unpaired) electrons. The summed E-state index contributed by atoms with van der Waals surface area (Å²) in [7, 11) is 0. The SMILES string of the molecule is C=CCO[C@H]1O[C@@H]2COC(C)(C)O[C@H]2[C@@H]2OC(C)(C)O[C@H]12. The summed E-state index contributed by atoms with van der Waals surface area (Å²) in [5.41, 5.74) is 0. The lowest BCUT2D eigenvalue weighted by Gasteiger charge is -2.48. The quantitative estimate of drug-likeness (QED) is 0.738. The van der Waals surface area contributed by atoms with Gasteiger partial charge in [0.1, 0.15) is 24.4 Å². The van der Waals surface area contributed by atoms with Gasteiger partial charge in [-0.15, -0.1) is 6.58 Å². The Morgan fingerprint density at radius 1 is 1.05 bits per heavy atom. The molecule has 3 saturated heterocycles. The number of hydrogen-bond donors (Lipinski definition) is 0. The molecule has 0 N–H and O–H groups in total. The summed E-state index contributed by atoms with van der Waals surface area (Å²) in [5.74, 6) is -1.34. The highest BCUT2D eigenvalue weighted by Crippen LogP contribution is 2.42. The van der Waals surface area contributed by atoms with Gasteiger partial charge in [0.2, 0.25) is 0 Å². The number of fused-ring (bicyclic) bond motifs is 3. The molecule has 3 aliphatic heterocycles. The molecule has 6 heteroatoms. The summed E-state index contributed by atoms with van der Waals surface area (Å²) >= 11 is 0. The molecule has 0 aromatic rings. The van der Waals surface area contributed by atoms with Crippen LogP contribution in [0.25, 0.3) is 0 Å². The summed E-state index contributed by atoms with van der Waals surface area (Å²) in [6.07, 6.45) is 0.148. The van der Waals surface area contributed by atoms with Crippen LogP contribution in [-0.4, -0.2) is 55.5 Å². The van der Waals surface area contributed by atoms with E-state index in [2.05, 4.69) is 6.58 Å². The van der Waals surface area contributed by atoms with Gasteiger partial charge in [-0.25, -0.2) is 0 Å². The second-order valence-electron chi connectivity index (χ2n) is 6.52. The molecule has 0 unspecified atom stereocenters. The van der Waals surface area contributed by atoms with Crippen molar-refractivity contribution in [2.75, 3.05) is 13.2 Å². The first-order valence-corrected chi connectivity index (χ1v) is 7.37. The lowest BCUT2D eigenvalue weighted by Crippen LogP contribution is -2.63. The minimum Gasteiger partial charge on any atom is -0.348 e. The fourth-order valence-electron chi connectivity index (χ4n) is 3.04. The van der Waals surface area contributed by atoms with Gasteiger partial charge >= 0.3 is 0 Å². The molecule has 0 spiro atoms. The predicted molar refractivity (Wildman–Crippen MR) is 73.5 cm³/mol. The third-order valence-electron chi connectivity index (χ3n) is 3.82. The Balaban J connectivity index is 1.81. The van der Waals surface area contributed by atoms with Crippen LogP contribution in [0.2, 0.25) is 0 Å². The average molecular weight is 300 g/mol. The van der Waals surface area contributed by atoms with E-state index in [0.29, 0.717) is 13.2 Å². The summed E-state index contributed by atoms with van der Waals surface area (Å²) in [6, 6.07) is 0. The molecule has 6 nitrogen and oxygen atoms in total. The third-order valence-corrected chi connectivity index (χ3v) is 3.82. The Labute approximate surface area is 125 Å². The second-order valence-corrected chi connectivity index (χ2v) is 6.52. The zero-order valence-electron chi connectivity index (χ0n) is 13.0. The maximum Gasteiger partial charge on any atom is 0.187 e. The van der Waals surface area contributed by atoms with Crippen LogP contribution < -0.4 is 0 Å². The van der Waals surface area contributed by atoms with E-state index < -0.39 is 17.9 Å². The van der Waals surface area contributed by atoms with Gasteiger partial charge in [0, 0.05) is 0 Å². The van der Waals surface area contributed by atoms with Crippen LogP contribution in [-0.2, 0) is 28.4 Å². The molecule has 5 atom stereocenters. The van der Waals surface area contributed by atoms with E-state index in [4.69, 9.17) is 28.4 Å². The molecule has 3 heterocycles. The largest absolute Gasteiger partial charge is 0.348 e. The molecular formula is C15H24O6. The summed E-state index contributed by atoms with van der Waals surface area (Å²) < 4.78 is 35.3. The zero-order chi connectivity index (χ0) is 15.3. The molecule has 21 heavy (non-hydrogen) atoms. The van der Waals surface area contributed by atoms with E-state index in [1.165, 1.54) is 0 Å². The van der Waals surface area contributed by atoms with Crippen LogP contribution >= 0.6 is 0 Å². The fraction of sp³-hybridized carbons (Fsp3) is 0.867. The number of ether oxygens (including phenoxy) is 6. The van der Waals surface area contributed by atoms with Crippen molar-refractivity contribution in [3.05, 3.63) is 12.7 Å². The van der Waals surface area contributed by atoms with Crippen molar-refractivity contribution in [1.82, 2.24) is 0 Å². The van der Waals surface area contributed by atoms with Gasteiger partial charge in [-0.1, -0.05) is 6.08 Å². The monoisotopic (exact) mass is 300 g/mol. The van der Waals surface area contributed by atoms with Gasteiger partial charge in [0.15, 0.2) is 17.9 Å². The molecule has 0 bridgehead atoms. The maximum absolute atomic E-state index is 6.04. The first-order chi connectivity index (χ1) is 9.81. The number of hydrogen-bond acceptors (Lipinski definition) is 6. The first-order valence-electron chi connectivity index (χ1n) is 7.37. The van der Waals surface area contributed by atoms with Gasteiger partial charge < -0.3 is 28.4 Å². The van der Waals surface area contributed by atoms with Gasteiger partial charge in [-0.3, -0.25) is 0 Å². The zero-order valence-corrected chi connectivity index (χ0v) is 13.0. The van der Waals surface area contributed by atoms with E-state index in [1.807, 2.05) is 27.7 Å². The van der Waals surface area contributed by atoms with Crippen molar-refractivity contribution in [1.29, 1.82) is 0 Å². The Bertz CT molecular complexity index is 407. The maximum atomic E-state index is 6.04. The van der Waals surface area contributed by atoms with E-state index in [9.17, 15) is 0 Å². The molecule has 120 valence electrons. The van der Waals surface area contributed by atoms with Gasteiger partial charge in [-0.05, 0) is 27.7 Å². The predicted octanol–water partition coefficient (Wildman–Crippen LogP) is 1.59. The third kappa shape index (κ3) is 3.02. The minimum absolute atomic E-state index is 0.230. The van der Waals surface area contributed by atoms with Crippen LogP contribution in [0.5, 0.6) is 0 Å². The molecule has 0 amide bonds. The molecule has 0 aromatic carbocycles. The van der Waals surface area contributed by atoms with Crippen LogP contribution in [0.3, 0.4) is 0 Å². The first kappa shape index (κ1) is 15.4. The van der Waals surface area contributed by atoms with Crippen LogP contribution in [0, 0.1) is 0 Å². The Hall–Kier alpha value is -0.500. The highest BCUT2D eigenvalue weighted by atomic mass is 16.8. The van der Waals surface area contributed by atoms with E-state index in [1.54, 1.807) is 6.08 Å². The summed E-state index contributed by atoms with van der Waals surface area (Å²) in [4.78, 5) is 0. The molecule has 0 saturated carbocycles. The topological polar surface area (TPSA) is 55.4 Å². The van der Waals surface area contributed by atoms with E-state index in [-0.39, 0.29) is 24.4 Å². The van der Waals surface area contributed by atoms with Gasteiger partial charge in [0.05, 0.1) is 13.2 Å². The highest BCUT2D eigenvalue weighted by Gasteiger charge is 2.58. The Morgan fingerprint density at radius 3 is 2.43 bits per heavy atom. The molecule has 3 rings (SSSR count). The smallest absolute Gasteiger partial charge is 0.187 e. The van der Waals surface area contributed by atoms with E-state index >= 15 is 0 Å². The van der Waals surface area contributed by atoms with E-state index in [0.717, 1.165) is 0 Å². The van der Waals surface area contributed by atoms with Crippen LogP contribution in [0.15, 0.2) is 12.7 Å². The standard InChI is InChI=1S/C15H24O6/c1-6-7-16-13-12-11(20-15(4,5)21-12)10-9(18-13)8-17-14(2,3)19-10/h6,9-13H,1,7-8H2,2-5H3/t9-,10-,11+,12+,13+/m1/s1. The minimum atomic E-state index is -0.685. The summed E-state index contributed by atoms with van der Waals surface area (Å²) in [5, 5.41) is 0. The van der Waals surface area contributed by atoms with Crippen molar-refractivity contribution in [2.45, 2.75) is 70.0 Å². The molecule has 0 aromatic heterocycles. The average Bonchev–Trinajstić information content (AvgIpc) is 2.71. The lowest BCUT2D eigenvalue weighted by molar-refractivity contribution is -0.369. The normalized spacial score (nSPS) is 43.9. The van der Waals surface area contributed by atoms with Crippen molar-refractivity contribution < 1.29 is 28.4 Å². The van der Waals surface area contributed by atoms with Crippen molar-refractivity contribution in [2.24, 2.45) is 0 Å². The van der Waals surface area contributed by atoms with Crippen molar-refractivity contribution >= 4 is 0 Å². The molecule has 3 aliphatic rings. The van der Waals surface area contributed by atoms with Crippen LogP contribution in [0.1, 0.15) is 27.7 Å². The Morgan fingerprint density at radius 2 is 1.71 bits per heavy atom. The van der Waals surface area contributed by atoms with Crippen molar-refractivity contribution in [3.8, 4) is 0 Å². The second kappa shape index (κ2) is 5.30. The van der Waals surface area contributed by atoms with Crippen molar-refractivity contribution in [3.63, 3.8) is 0 Å². The highest BCUT2D eigenvalue weighted by molar-refractivity contribution is 4.99. The summed E-state index contributed by atoms with van der Waals surface area (Å²) in [6.45, 7) is 12.0. The van der Waals surface area contributed by atoms with Gasteiger partial charge in [0.25, 0.3) is 0 Å². The Kier molecular flexibility index (Phi) is 3.88. The van der Waals surface area contributed by atoms with Gasteiger partial charge in [-0.2, -0.15) is 0 Å². The molecule has 3 fully saturated rings. The number of rotatable bonds is 3. The fourth-order valence-corrected chi connectivity index (χ4v) is 3.04.